The molecule has 0 bridgehead atoms. The highest BCUT2D eigenvalue weighted by molar-refractivity contribution is 7.80. The number of aryl methyl sites for hydroxylation is 2. The second-order valence-corrected chi connectivity index (χ2v) is 5.22. The van der Waals surface area contributed by atoms with Crippen molar-refractivity contribution in [2.45, 2.75) is 13.8 Å². The molecule has 6 heteroatoms. The zero-order chi connectivity index (χ0) is 12.4. The maximum absolute atomic E-state index is 5.57. The number of nitrogens with two attached hydrogens (primary N) is 1. The summed E-state index contributed by atoms with van der Waals surface area (Å²) in [5.41, 5.74) is 7.39. The minimum absolute atomic E-state index is 0.363. The number of nitrogens with zero attached hydrogens (tertiary/aromatic N) is 2. The second-order valence-electron chi connectivity index (χ2n) is 3.58. The van der Waals surface area contributed by atoms with Crippen LogP contribution in [0, 0.1) is 13.8 Å². The van der Waals surface area contributed by atoms with Crippen molar-refractivity contribution in [1.82, 2.24) is 9.97 Å². The van der Waals surface area contributed by atoms with Crippen molar-refractivity contribution in [3.05, 3.63) is 34.5 Å². The van der Waals surface area contributed by atoms with Crippen LogP contribution in [0.5, 0.6) is 0 Å². The first-order chi connectivity index (χ1) is 8.06. The van der Waals surface area contributed by atoms with Gasteiger partial charge in [0, 0.05) is 16.6 Å². The van der Waals surface area contributed by atoms with E-state index >= 15 is 0 Å². The first kappa shape index (κ1) is 11.9. The standard InChI is InChI=1S/C11H12N4S2/c1-6-7(2)17-11(14-6)15-9-5-8(10(12)16)3-4-13-9/h3-5H,1-2H3,(H2,12,16)(H,13,14,15). The van der Waals surface area contributed by atoms with Crippen LogP contribution < -0.4 is 11.1 Å². The molecule has 3 N–H and O–H groups in total. The summed E-state index contributed by atoms with van der Waals surface area (Å²) < 4.78 is 0. The van der Waals surface area contributed by atoms with E-state index < -0.39 is 0 Å². The van der Waals surface area contributed by atoms with Crippen LogP contribution in [0.3, 0.4) is 0 Å². The van der Waals surface area contributed by atoms with Gasteiger partial charge in [0.2, 0.25) is 0 Å². The fourth-order valence-corrected chi connectivity index (χ4v) is 2.24. The number of anilines is 2. The fourth-order valence-electron chi connectivity index (χ4n) is 1.29. The summed E-state index contributed by atoms with van der Waals surface area (Å²) in [6.07, 6.45) is 1.67. The third-order valence-electron chi connectivity index (χ3n) is 2.31. The lowest BCUT2D eigenvalue weighted by molar-refractivity contribution is 1.21. The van der Waals surface area contributed by atoms with E-state index in [1.54, 1.807) is 23.6 Å². The molecule has 2 heterocycles. The normalized spacial score (nSPS) is 10.2. The quantitative estimate of drug-likeness (QED) is 0.834. The Bertz CT molecular complexity index is 543. The minimum Gasteiger partial charge on any atom is -0.389 e. The van der Waals surface area contributed by atoms with E-state index in [2.05, 4.69) is 15.3 Å². The molecule has 17 heavy (non-hydrogen) atoms. The Morgan fingerprint density at radius 1 is 1.47 bits per heavy atom. The second kappa shape index (κ2) is 4.77. The zero-order valence-electron chi connectivity index (χ0n) is 9.52. The van der Waals surface area contributed by atoms with Gasteiger partial charge >= 0.3 is 0 Å². The molecule has 0 atom stereocenters. The number of thiocarbonyl (C=S) groups is 1. The zero-order valence-corrected chi connectivity index (χ0v) is 11.2. The predicted molar refractivity (Wildman–Crippen MR) is 75.0 cm³/mol. The number of hydrogen-bond donors (Lipinski definition) is 2. The lowest BCUT2D eigenvalue weighted by Gasteiger charge is -2.03. The monoisotopic (exact) mass is 264 g/mol. The fraction of sp³-hybridized carbons (Fsp3) is 0.182. The van der Waals surface area contributed by atoms with E-state index in [9.17, 15) is 0 Å². The van der Waals surface area contributed by atoms with E-state index in [-0.39, 0.29) is 0 Å². The molecule has 0 amide bonds. The van der Waals surface area contributed by atoms with Gasteiger partial charge in [-0.15, -0.1) is 11.3 Å². The van der Waals surface area contributed by atoms with E-state index in [0.29, 0.717) is 10.8 Å². The van der Waals surface area contributed by atoms with Gasteiger partial charge < -0.3 is 11.1 Å². The lowest BCUT2D eigenvalue weighted by atomic mass is 10.2. The molecule has 0 spiro atoms. The molecule has 0 saturated carbocycles. The topological polar surface area (TPSA) is 63.8 Å². The van der Waals surface area contributed by atoms with Gasteiger partial charge in [0.05, 0.1) is 5.69 Å². The molecule has 0 aliphatic rings. The van der Waals surface area contributed by atoms with Crippen LogP contribution in [0.4, 0.5) is 10.9 Å². The summed E-state index contributed by atoms with van der Waals surface area (Å²) in [5.74, 6) is 0.698. The molecule has 88 valence electrons. The molecule has 0 saturated heterocycles. The molecular weight excluding hydrogens is 252 g/mol. The minimum atomic E-state index is 0.363. The van der Waals surface area contributed by atoms with Gasteiger partial charge in [0.25, 0.3) is 0 Å². The van der Waals surface area contributed by atoms with Crippen molar-refractivity contribution < 1.29 is 0 Å². The van der Waals surface area contributed by atoms with Crippen LogP contribution in [0.2, 0.25) is 0 Å². The van der Waals surface area contributed by atoms with Gasteiger partial charge in [-0.3, -0.25) is 0 Å². The van der Waals surface area contributed by atoms with Gasteiger partial charge in [-0.25, -0.2) is 9.97 Å². The van der Waals surface area contributed by atoms with Crippen molar-refractivity contribution in [3.63, 3.8) is 0 Å². The number of hydrogen-bond acceptors (Lipinski definition) is 5. The van der Waals surface area contributed by atoms with Crippen LogP contribution in [-0.2, 0) is 0 Å². The summed E-state index contributed by atoms with van der Waals surface area (Å²) in [4.78, 5) is 10.1. The summed E-state index contributed by atoms with van der Waals surface area (Å²) >= 11 is 6.52. The van der Waals surface area contributed by atoms with Crippen molar-refractivity contribution in [1.29, 1.82) is 0 Å². The number of rotatable bonds is 3. The number of nitrogens with one attached hydrogen (secondary N) is 1. The van der Waals surface area contributed by atoms with Gasteiger partial charge in [-0.2, -0.15) is 0 Å². The van der Waals surface area contributed by atoms with Crippen LogP contribution >= 0.6 is 23.6 Å². The molecular formula is C11H12N4S2. The number of thiazole rings is 1. The SMILES string of the molecule is Cc1nc(Nc2cc(C(N)=S)ccn2)sc1C. The summed E-state index contributed by atoms with van der Waals surface area (Å²) in [5, 5.41) is 3.97. The largest absolute Gasteiger partial charge is 0.389 e. The molecule has 0 fully saturated rings. The average molecular weight is 264 g/mol. The third-order valence-corrected chi connectivity index (χ3v) is 3.53. The third kappa shape index (κ3) is 2.78. The van der Waals surface area contributed by atoms with Crippen LogP contribution in [0.25, 0.3) is 0 Å². The Balaban J connectivity index is 2.24. The smallest absolute Gasteiger partial charge is 0.188 e. The maximum atomic E-state index is 5.57. The Kier molecular flexibility index (Phi) is 3.35. The van der Waals surface area contributed by atoms with Crippen molar-refractivity contribution in [2.75, 3.05) is 5.32 Å². The van der Waals surface area contributed by atoms with Gasteiger partial charge in [-0.05, 0) is 26.0 Å². The van der Waals surface area contributed by atoms with E-state index in [1.165, 1.54) is 4.88 Å². The molecule has 0 unspecified atom stereocenters. The first-order valence-corrected chi connectivity index (χ1v) is 6.25. The van der Waals surface area contributed by atoms with Crippen molar-refractivity contribution >= 4 is 39.5 Å². The molecule has 0 aliphatic heterocycles. The molecule has 2 rings (SSSR count). The molecule has 4 nitrogen and oxygen atoms in total. The summed E-state index contributed by atoms with van der Waals surface area (Å²) in [6.45, 7) is 4.02. The number of pyridine rings is 1. The van der Waals surface area contributed by atoms with E-state index in [1.807, 2.05) is 19.9 Å². The highest BCUT2D eigenvalue weighted by Gasteiger charge is 2.05. The first-order valence-electron chi connectivity index (χ1n) is 5.03. The Labute approximate surface area is 109 Å². The molecule has 0 aliphatic carbocycles. The molecule has 0 radical (unpaired) electrons. The molecule has 0 aromatic carbocycles. The van der Waals surface area contributed by atoms with Gasteiger partial charge in [0.1, 0.15) is 10.8 Å². The molecule has 2 aromatic heterocycles. The van der Waals surface area contributed by atoms with E-state index in [0.717, 1.165) is 16.4 Å². The van der Waals surface area contributed by atoms with E-state index in [4.69, 9.17) is 18.0 Å². The van der Waals surface area contributed by atoms with Gasteiger partial charge in [-0.1, -0.05) is 12.2 Å². The van der Waals surface area contributed by atoms with Gasteiger partial charge in [0.15, 0.2) is 5.13 Å². The van der Waals surface area contributed by atoms with Crippen molar-refractivity contribution in [2.24, 2.45) is 5.73 Å². The maximum Gasteiger partial charge on any atom is 0.188 e. The van der Waals surface area contributed by atoms with Crippen LogP contribution in [-0.4, -0.2) is 15.0 Å². The average Bonchev–Trinajstić information content (AvgIpc) is 2.58. The van der Waals surface area contributed by atoms with Crippen molar-refractivity contribution in [3.8, 4) is 0 Å². The predicted octanol–water partition coefficient (Wildman–Crippen LogP) is 2.53. The molecule has 2 aromatic rings. The van der Waals surface area contributed by atoms with Crippen LogP contribution in [0.1, 0.15) is 16.1 Å². The highest BCUT2D eigenvalue weighted by atomic mass is 32.1. The highest BCUT2D eigenvalue weighted by Crippen LogP contribution is 2.24. The Hall–Kier alpha value is -1.53. The summed E-state index contributed by atoms with van der Waals surface area (Å²) in [6, 6.07) is 3.60. The summed E-state index contributed by atoms with van der Waals surface area (Å²) in [7, 11) is 0. The lowest BCUT2D eigenvalue weighted by Crippen LogP contribution is -2.09. The Morgan fingerprint density at radius 3 is 2.82 bits per heavy atom. The Morgan fingerprint density at radius 2 is 2.24 bits per heavy atom. The number of aromatic nitrogens is 2. The van der Waals surface area contributed by atoms with Crippen LogP contribution in [0.15, 0.2) is 18.3 Å².